The summed E-state index contributed by atoms with van der Waals surface area (Å²) in [5.41, 5.74) is 3.67. The molecule has 28 heavy (non-hydrogen) atoms. The van der Waals surface area contributed by atoms with Crippen molar-refractivity contribution in [3.63, 3.8) is 0 Å². The largest absolute Gasteiger partial charge is 0.496 e. The van der Waals surface area contributed by atoms with Gasteiger partial charge in [0.1, 0.15) is 17.4 Å². The second kappa shape index (κ2) is 10.2. The van der Waals surface area contributed by atoms with Gasteiger partial charge in [0.25, 0.3) is 0 Å². The smallest absolute Gasteiger partial charge is 0.148 e. The second-order valence-corrected chi connectivity index (χ2v) is 7.25. The molecule has 2 N–H and O–H groups in total. The number of hydrogen-bond acceptors (Lipinski definition) is 6. The van der Waals surface area contributed by atoms with Crippen LogP contribution in [0.2, 0.25) is 0 Å². The molecule has 154 valence electrons. The van der Waals surface area contributed by atoms with Gasteiger partial charge in [0, 0.05) is 24.3 Å². The Labute approximate surface area is 169 Å². The fourth-order valence-electron chi connectivity index (χ4n) is 3.17. The van der Waals surface area contributed by atoms with E-state index in [1.165, 1.54) is 0 Å². The summed E-state index contributed by atoms with van der Waals surface area (Å²) in [5.74, 6) is 2.45. The maximum atomic E-state index is 5.66. The van der Waals surface area contributed by atoms with Crippen molar-refractivity contribution >= 4 is 11.6 Å². The van der Waals surface area contributed by atoms with Crippen molar-refractivity contribution in [1.29, 1.82) is 0 Å². The van der Waals surface area contributed by atoms with Crippen LogP contribution in [0, 0.1) is 0 Å². The Kier molecular flexibility index (Phi) is 8.03. The summed E-state index contributed by atoms with van der Waals surface area (Å²) in [7, 11) is 1.68. The van der Waals surface area contributed by atoms with Crippen LogP contribution in [0.3, 0.4) is 0 Å². The van der Waals surface area contributed by atoms with Gasteiger partial charge in [-0.25, -0.2) is 15.0 Å². The Balaban J connectivity index is 2.53. The molecule has 0 aliphatic rings. The molecular formula is C22H35N5O. The molecule has 2 aromatic heterocycles. The van der Waals surface area contributed by atoms with E-state index in [0.29, 0.717) is 12.1 Å². The summed E-state index contributed by atoms with van der Waals surface area (Å²) in [6, 6.07) is 2.64. The van der Waals surface area contributed by atoms with E-state index in [-0.39, 0.29) is 0 Å². The highest BCUT2D eigenvalue weighted by molar-refractivity contribution is 5.71. The van der Waals surface area contributed by atoms with Crippen LogP contribution >= 0.6 is 0 Å². The van der Waals surface area contributed by atoms with Crippen LogP contribution in [-0.2, 0) is 12.8 Å². The molecule has 0 bridgehead atoms. The Hall–Kier alpha value is -2.37. The van der Waals surface area contributed by atoms with Gasteiger partial charge in [-0.1, -0.05) is 27.7 Å². The SMILES string of the molecule is CCc1nc(-c2cnc(NC(C)C)cc2OC)c(CC)nc1NC(CC)CC. The molecule has 2 heterocycles. The molecule has 0 fully saturated rings. The highest BCUT2D eigenvalue weighted by Crippen LogP contribution is 2.33. The number of nitrogens with zero attached hydrogens (tertiary/aromatic N) is 3. The number of pyridine rings is 1. The van der Waals surface area contributed by atoms with E-state index in [0.717, 1.165) is 65.7 Å². The summed E-state index contributed by atoms with van der Waals surface area (Å²) in [5, 5.41) is 6.90. The number of rotatable bonds is 10. The second-order valence-electron chi connectivity index (χ2n) is 7.25. The van der Waals surface area contributed by atoms with Gasteiger partial charge in [0.05, 0.1) is 29.8 Å². The van der Waals surface area contributed by atoms with Crippen LogP contribution in [0.4, 0.5) is 11.6 Å². The molecule has 0 radical (unpaired) electrons. The van der Waals surface area contributed by atoms with E-state index in [1.54, 1.807) is 7.11 Å². The van der Waals surface area contributed by atoms with Crippen molar-refractivity contribution in [2.75, 3.05) is 17.7 Å². The fraction of sp³-hybridized carbons (Fsp3) is 0.591. The van der Waals surface area contributed by atoms with E-state index in [2.05, 4.69) is 57.2 Å². The first-order chi connectivity index (χ1) is 13.5. The monoisotopic (exact) mass is 385 g/mol. The number of aromatic nitrogens is 3. The van der Waals surface area contributed by atoms with Crippen molar-refractivity contribution in [2.24, 2.45) is 0 Å². The number of anilines is 2. The zero-order valence-electron chi connectivity index (χ0n) is 18.4. The van der Waals surface area contributed by atoms with Gasteiger partial charge in [-0.15, -0.1) is 0 Å². The molecule has 6 nitrogen and oxygen atoms in total. The molecule has 2 rings (SSSR count). The lowest BCUT2D eigenvalue weighted by atomic mass is 10.1. The fourth-order valence-corrected chi connectivity index (χ4v) is 3.17. The van der Waals surface area contributed by atoms with Crippen molar-refractivity contribution < 1.29 is 4.74 Å². The summed E-state index contributed by atoms with van der Waals surface area (Å²) in [4.78, 5) is 14.5. The summed E-state index contributed by atoms with van der Waals surface area (Å²) in [6.45, 7) is 12.8. The van der Waals surface area contributed by atoms with Crippen molar-refractivity contribution in [2.45, 2.75) is 79.3 Å². The minimum Gasteiger partial charge on any atom is -0.496 e. The molecular weight excluding hydrogens is 350 g/mol. The average molecular weight is 386 g/mol. The maximum Gasteiger partial charge on any atom is 0.148 e. The number of methoxy groups -OCH3 is 1. The third-order valence-corrected chi connectivity index (χ3v) is 4.81. The molecule has 0 amide bonds. The van der Waals surface area contributed by atoms with Gasteiger partial charge >= 0.3 is 0 Å². The molecule has 0 aliphatic heterocycles. The molecule has 0 saturated carbocycles. The minimum atomic E-state index is 0.302. The van der Waals surface area contributed by atoms with Crippen LogP contribution in [0.5, 0.6) is 5.75 Å². The van der Waals surface area contributed by atoms with Gasteiger partial charge < -0.3 is 15.4 Å². The highest BCUT2D eigenvalue weighted by atomic mass is 16.5. The first-order valence-electron chi connectivity index (χ1n) is 10.4. The van der Waals surface area contributed by atoms with Gasteiger partial charge in [-0.05, 0) is 39.5 Å². The number of nitrogens with one attached hydrogen (secondary N) is 2. The molecule has 0 spiro atoms. The molecule has 0 aliphatic carbocycles. The number of hydrogen-bond donors (Lipinski definition) is 2. The minimum absolute atomic E-state index is 0.302. The van der Waals surface area contributed by atoms with E-state index >= 15 is 0 Å². The quantitative estimate of drug-likeness (QED) is 0.593. The summed E-state index contributed by atoms with van der Waals surface area (Å²) >= 11 is 0. The van der Waals surface area contributed by atoms with Crippen LogP contribution in [0.15, 0.2) is 12.3 Å². The molecule has 0 unspecified atom stereocenters. The third kappa shape index (κ3) is 5.12. The lowest BCUT2D eigenvalue weighted by Gasteiger charge is -2.20. The highest BCUT2D eigenvalue weighted by Gasteiger charge is 2.19. The lowest BCUT2D eigenvalue weighted by molar-refractivity contribution is 0.416. The zero-order chi connectivity index (χ0) is 20.7. The molecule has 0 saturated heterocycles. The van der Waals surface area contributed by atoms with Gasteiger partial charge in [-0.3, -0.25) is 0 Å². The predicted octanol–water partition coefficient (Wildman–Crippen LogP) is 5.09. The van der Waals surface area contributed by atoms with E-state index < -0.39 is 0 Å². The summed E-state index contributed by atoms with van der Waals surface area (Å²) < 4.78 is 5.66. The predicted molar refractivity (Wildman–Crippen MR) is 117 cm³/mol. The van der Waals surface area contributed by atoms with E-state index in [1.807, 2.05) is 12.3 Å². The Morgan fingerprint density at radius 2 is 1.64 bits per heavy atom. The van der Waals surface area contributed by atoms with Crippen LogP contribution in [-0.4, -0.2) is 34.1 Å². The van der Waals surface area contributed by atoms with Crippen molar-refractivity contribution in [1.82, 2.24) is 15.0 Å². The number of ether oxygens (including phenoxy) is 1. The Morgan fingerprint density at radius 3 is 2.18 bits per heavy atom. The molecule has 2 aromatic rings. The Bertz CT molecular complexity index is 772. The molecule has 0 atom stereocenters. The van der Waals surface area contributed by atoms with Gasteiger partial charge in [0.2, 0.25) is 0 Å². The first-order valence-corrected chi connectivity index (χ1v) is 10.4. The molecule has 0 aromatic carbocycles. The van der Waals surface area contributed by atoms with Crippen molar-refractivity contribution in [3.05, 3.63) is 23.7 Å². The van der Waals surface area contributed by atoms with Gasteiger partial charge in [-0.2, -0.15) is 0 Å². The maximum absolute atomic E-state index is 5.66. The van der Waals surface area contributed by atoms with Gasteiger partial charge in [0.15, 0.2) is 0 Å². The lowest BCUT2D eigenvalue weighted by Crippen LogP contribution is -2.20. The average Bonchev–Trinajstić information content (AvgIpc) is 2.70. The molecule has 6 heteroatoms. The standard InChI is InChI=1S/C22H35N5O/c1-8-15(9-2)25-22-18(11-4)26-21(17(10-3)27-22)16-13-23-20(24-14(5)6)12-19(16)28-7/h12-15H,8-11H2,1-7H3,(H,23,24)(H,25,27). The third-order valence-electron chi connectivity index (χ3n) is 4.81. The van der Waals surface area contributed by atoms with Crippen molar-refractivity contribution in [3.8, 4) is 17.0 Å². The topological polar surface area (TPSA) is 72.0 Å². The normalized spacial score (nSPS) is 11.2. The zero-order valence-corrected chi connectivity index (χ0v) is 18.4. The van der Waals surface area contributed by atoms with Crippen LogP contribution < -0.4 is 15.4 Å². The van der Waals surface area contributed by atoms with E-state index in [9.17, 15) is 0 Å². The number of aryl methyl sites for hydroxylation is 2. The summed E-state index contributed by atoms with van der Waals surface area (Å²) in [6.07, 6.45) is 5.56. The first kappa shape index (κ1) is 21.9. The Morgan fingerprint density at radius 1 is 0.964 bits per heavy atom. The van der Waals surface area contributed by atoms with Crippen LogP contribution in [0.25, 0.3) is 11.3 Å². The van der Waals surface area contributed by atoms with Crippen LogP contribution in [0.1, 0.15) is 65.8 Å². The van der Waals surface area contributed by atoms with E-state index in [4.69, 9.17) is 14.7 Å².